The van der Waals surface area contributed by atoms with Crippen molar-refractivity contribution in [1.82, 2.24) is 0 Å². The van der Waals surface area contributed by atoms with Gasteiger partial charge in [-0.1, -0.05) is 43.7 Å². The summed E-state index contributed by atoms with van der Waals surface area (Å²) in [6, 6.07) is 11.8. The van der Waals surface area contributed by atoms with Crippen molar-refractivity contribution < 1.29 is 18.8 Å². The molecule has 0 aliphatic carbocycles. The summed E-state index contributed by atoms with van der Waals surface area (Å²) in [5.41, 5.74) is 0.321. The maximum atomic E-state index is 13.3. The minimum Gasteiger partial charge on any atom is -0.419 e. The van der Waals surface area contributed by atoms with Gasteiger partial charge in [0.1, 0.15) is 5.82 Å². The van der Waals surface area contributed by atoms with E-state index in [4.69, 9.17) is 4.74 Å². The van der Waals surface area contributed by atoms with E-state index < -0.39 is 28.3 Å². The number of carbonyl (C=O) groups excluding carboxylic acids is 1. The summed E-state index contributed by atoms with van der Waals surface area (Å²) in [5, 5.41) is 11.0. The van der Waals surface area contributed by atoms with Gasteiger partial charge < -0.3 is 4.74 Å². The molecule has 1 unspecified atom stereocenters. The van der Waals surface area contributed by atoms with Gasteiger partial charge in [0.25, 0.3) is 0 Å². The van der Waals surface area contributed by atoms with Gasteiger partial charge in [0.2, 0.25) is 5.75 Å². The standard InChI is InChI=1S/C17H16FNO4/c1-2-6-14(12-7-4-3-5-8-12)17(20)23-16-11-13(18)9-10-15(16)19(21)22/h3-5,7-11,14H,2,6H2,1H3. The molecule has 0 N–H and O–H groups in total. The molecule has 5 nitrogen and oxygen atoms in total. The number of hydrogen-bond donors (Lipinski definition) is 0. The molecule has 0 bridgehead atoms. The summed E-state index contributed by atoms with van der Waals surface area (Å²) in [4.78, 5) is 22.7. The fourth-order valence-electron chi connectivity index (χ4n) is 2.29. The highest BCUT2D eigenvalue weighted by molar-refractivity contribution is 5.81. The van der Waals surface area contributed by atoms with E-state index >= 15 is 0 Å². The Morgan fingerprint density at radius 2 is 1.96 bits per heavy atom. The second-order valence-electron chi connectivity index (χ2n) is 5.04. The summed E-state index contributed by atoms with van der Waals surface area (Å²) in [6.07, 6.45) is 1.27. The first-order valence-electron chi connectivity index (χ1n) is 7.23. The van der Waals surface area contributed by atoms with Crippen LogP contribution in [-0.4, -0.2) is 10.9 Å². The third-order valence-corrected chi connectivity index (χ3v) is 3.39. The lowest BCUT2D eigenvalue weighted by Gasteiger charge is -2.15. The van der Waals surface area contributed by atoms with Gasteiger partial charge in [-0.2, -0.15) is 0 Å². The smallest absolute Gasteiger partial charge is 0.319 e. The number of nitro benzene ring substituents is 1. The van der Waals surface area contributed by atoms with Crippen molar-refractivity contribution in [3.05, 3.63) is 70.0 Å². The Kier molecular flexibility index (Phi) is 5.41. The van der Waals surface area contributed by atoms with Crippen LogP contribution in [0.4, 0.5) is 10.1 Å². The summed E-state index contributed by atoms with van der Waals surface area (Å²) in [5.74, 6) is -2.27. The first kappa shape index (κ1) is 16.6. The van der Waals surface area contributed by atoms with Gasteiger partial charge in [-0.15, -0.1) is 0 Å². The van der Waals surface area contributed by atoms with Gasteiger partial charge >= 0.3 is 11.7 Å². The molecule has 2 rings (SSSR count). The Labute approximate surface area is 132 Å². The highest BCUT2D eigenvalue weighted by Crippen LogP contribution is 2.30. The van der Waals surface area contributed by atoms with Crippen molar-refractivity contribution in [3.63, 3.8) is 0 Å². The molecule has 2 aromatic rings. The lowest BCUT2D eigenvalue weighted by atomic mass is 9.95. The highest BCUT2D eigenvalue weighted by atomic mass is 19.1. The number of hydrogen-bond acceptors (Lipinski definition) is 4. The molecule has 0 fully saturated rings. The number of benzene rings is 2. The molecule has 120 valence electrons. The summed E-state index contributed by atoms with van der Waals surface area (Å²) >= 11 is 0. The fraction of sp³-hybridized carbons (Fsp3) is 0.235. The van der Waals surface area contributed by atoms with Crippen LogP contribution in [0, 0.1) is 15.9 Å². The van der Waals surface area contributed by atoms with E-state index in [-0.39, 0.29) is 5.75 Å². The second kappa shape index (κ2) is 7.49. The Bertz CT molecular complexity index is 703. The monoisotopic (exact) mass is 317 g/mol. The van der Waals surface area contributed by atoms with E-state index in [1.165, 1.54) is 0 Å². The second-order valence-corrected chi connectivity index (χ2v) is 5.04. The quantitative estimate of drug-likeness (QED) is 0.346. The molecule has 0 heterocycles. The third-order valence-electron chi connectivity index (χ3n) is 3.39. The number of esters is 1. The van der Waals surface area contributed by atoms with Crippen LogP contribution in [0.2, 0.25) is 0 Å². The van der Waals surface area contributed by atoms with Crippen molar-refractivity contribution >= 4 is 11.7 Å². The molecule has 23 heavy (non-hydrogen) atoms. The minimum atomic E-state index is -0.709. The molecule has 0 amide bonds. The average Bonchev–Trinajstić information content (AvgIpc) is 2.53. The van der Waals surface area contributed by atoms with Crippen LogP contribution < -0.4 is 4.74 Å². The van der Waals surface area contributed by atoms with Crippen LogP contribution in [0.1, 0.15) is 31.2 Å². The topological polar surface area (TPSA) is 69.4 Å². The van der Waals surface area contributed by atoms with Crippen LogP contribution in [0.3, 0.4) is 0 Å². The molecule has 6 heteroatoms. The molecule has 0 aliphatic rings. The number of carbonyl (C=O) groups is 1. The van der Waals surface area contributed by atoms with Crippen LogP contribution in [0.25, 0.3) is 0 Å². The molecule has 0 saturated carbocycles. The average molecular weight is 317 g/mol. The van der Waals surface area contributed by atoms with Crippen LogP contribution in [0.5, 0.6) is 5.75 Å². The van der Waals surface area contributed by atoms with E-state index in [1.807, 2.05) is 13.0 Å². The molecular weight excluding hydrogens is 301 g/mol. The van der Waals surface area contributed by atoms with E-state index in [0.717, 1.165) is 30.2 Å². The molecule has 0 aliphatic heterocycles. The van der Waals surface area contributed by atoms with Crippen molar-refractivity contribution in [3.8, 4) is 5.75 Å². The van der Waals surface area contributed by atoms with E-state index in [2.05, 4.69) is 0 Å². The summed E-state index contributed by atoms with van der Waals surface area (Å²) < 4.78 is 18.5. The molecule has 0 radical (unpaired) electrons. The Balaban J connectivity index is 2.29. The van der Waals surface area contributed by atoms with Crippen molar-refractivity contribution in [2.45, 2.75) is 25.7 Å². The number of rotatable bonds is 6. The number of halogens is 1. The van der Waals surface area contributed by atoms with Crippen molar-refractivity contribution in [2.24, 2.45) is 0 Å². The number of ether oxygens (including phenoxy) is 1. The molecule has 0 spiro atoms. The maximum Gasteiger partial charge on any atom is 0.319 e. The summed E-state index contributed by atoms with van der Waals surface area (Å²) in [6.45, 7) is 1.92. The van der Waals surface area contributed by atoms with Crippen LogP contribution in [-0.2, 0) is 4.79 Å². The predicted octanol–water partition coefficient (Wildman–Crippen LogP) is 4.22. The van der Waals surface area contributed by atoms with E-state index in [0.29, 0.717) is 6.42 Å². The van der Waals surface area contributed by atoms with Gasteiger partial charge in [-0.05, 0) is 18.1 Å². The number of nitro groups is 1. The van der Waals surface area contributed by atoms with Crippen LogP contribution >= 0.6 is 0 Å². The zero-order valence-corrected chi connectivity index (χ0v) is 12.6. The minimum absolute atomic E-state index is 0.378. The zero-order chi connectivity index (χ0) is 16.8. The first-order valence-corrected chi connectivity index (χ1v) is 7.23. The third kappa shape index (κ3) is 4.12. The predicted molar refractivity (Wildman–Crippen MR) is 82.8 cm³/mol. The first-order chi connectivity index (χ1) is 11.0. The number of nitrogens with zero attached hydrogens (tertiary/aromatic N) is 1. The van der Waals surface area contributed by atoms with Gasteiger partial charge in [-0.25, -0.2) is 4.39 Å². The lowest BCUT2D eigenvalue weighted by molar-refractivity contribution is -0.385. The van der Waals surface area contributed by atoms with E-state index in [1.54, 1.807) is 24.3 Å². The summed E-state index contributed by atoms with van der Waals surface area (Å²) in [7, 11) is 0. The maximum absolute atomic E-state index is 13.3. The normalized spacial score (nSPS) is 11.7. The Morgan fingerprint density at radius 3 is 2.57 bits per heavy atom. The Hall–Kier alpha value is -2.76. The molecule has 2 aromatic carbocycles. The largest absolute Gasteiger partial charge is 0.419 e. The SMILES string of the molecule is CCCC(C(=O)Oc1cc(F)ccc1[N+](=O)[O-])c1ccccc1. The van der Waals surface area contributed by atoms with Gasteiger partial charge in [-0.3, -0.25) is 14.9 Å². The highest BCUT2D eigenvalue weighted by Gasteiger charge is 2.25. The van der Waals surface area contributed by atoms with E-state index in [9.17, 15) is 19.3 Å². The van der Waals surface area contributed by atoms with Gasteiger partial charge in [0.15, 0.2) is 0 Å². The van der Waals surface area contributed by atoms with Gasteiger partial charge in [0, 0.05) is 12.1 Å². The fourth-order valence-corrected chi connectivity index (χ4v) is 2.29. The molecule has 0 aromatic heterocycles. The zero-order valence-electron chi connectivity index (χ0n) is 12.6. The Morgan fingerprint density at radius 1 is 1.26 bits per heavy atom. The van der Waals surface area contributed by atoms with Crippen molar-refractivity contribution in [2.75, 3.05) is 0 Å². The molecular formula is C17H16FNO4. The van der Waals surface area contributed by atoms with Gasteiger partial charge in [0.05, 0.1) is 10.8 Å². The molecule has 0 saturated heterocycles. The molecule has 1 atom stereocenters. The van der Waals surface area contributed by atoms with Crippen LogP contribution in [0.15, 0.2) is 48.5 Å². The van der Waals surface area contributed by atoms with Crippen molar-refractivity contribution in [1.29, 1.82) is 0 Å². The lowest BCUT2D eigenvalue weighted by Crippen LogP contribution is -2.19.